The maximum absolute atomic E-state index is 12.3. The standard InChI is InChI=1S/C11H13F3N2O/c12-11(13,14)8-3-4-10(15-6-8)16-7-9-2-1-5-17-9/h3-4,6,9H,1-2,5,7H2,(H,15,16)/p+1/t9-/m0/s1. The Balaban J connectivity index is 1.89. The molecule has 0 aromatic carbocycles. The highest BCUT2D eigenvalue weighted by molar-refractivity contribution is 5.29. The lowest BCUT2D eigenvalue weighted by molar-refractivity contribution is -0.364. The molecule has 0 saturated carbocycles. The van der Waals surface area contributed by atoms with Crippen molar-refractivity contribution >= 4 is 5.82 Å². The Morgan fingerprint density at radius 1 is 1.41 bits per heavy atom. The van der Waals surface area contributed by atoms with Gasteiger partial charge in [0.2, 0.25) is 0 Å². The Morgan fingerprint density at radius 2 is 2.24 bits per heavy atom. The molecule has 1 aromatic rings. The van der Waals surface area contributed by atoms with E-state index in [1.807, 2.05) is 0 Å². The summed E-state index contributed by atoms with van der Waals surface area (Å²) in [6.45, 7) is 1.38. The quantitative estimate of drug-likeness (QED) is 0.887. The number of aromatic nitrogens is 1. The summed E-state index contributed by atoms with van der Waals surface area (Å²) in [5, 5.41) is 3.02. The molecule has 0 bridgehead atoms. The van der Waals surface area contributed by atoms with Gasteiger partial charge in [-0.05, 0) is 18.9 Å². The molecule has 1 aromatic heterocycles. The smallest absolute Gasteiger partial charge is 0.374 e. The van der Waals surface area contributed by atoms with Crippen molar-refractivity contribution in [1.82, 2.24) is 0 Å². The van der Waals surface area contributed by atoms with Crippen LogP contribution in [0.15, 0.2) is 18.3 Å². The molecule has 1 aliphatic rings. The fraction of sp³-hybridized carbons (Fsp3) is 0.545. The van der Waals surface area contributed by atoms with Gasteiger partial charge in [-0.2, -0.15) is 13.2 Å². The summed E-state index contributed by atoms with van der Waals surface area (Å²) < 4.78 is 42.3. The van der Waals surface area contributed by atoms with E-state index in [0.29, 0.717) is 12.4 Å². The van der Waals surface area contributed by atoms with Gasteiger partial charge in [0.15, 0.2) is 0 Å². The van der Waals surface area contributed by atoms with Crippen LogP contribution in [0.3, 0.4) is 0 Å². The van der Waals surface area contributed by atoms with Crippen molar-refractivity contribution in [2.75, 3.05) is 18.5 Å². The molecule has 0 radical (unpaired) electrons. The average molecular weight is 247 g/mol. The first-order chi connectivity index (χ1) is 8.05. The summed E-state index contributed by atoms with van der Waals surface area (Å²) in [6, 6.07) is 2.44. The molecule has 2 rings (SSSR count). The van der Waals surface area contributed by atoms with Crippen LogP contribution < -0.4 is 10.3 Å². The third-order valence-corrected chi connectivity index (χ3v) is 2.68. The van der Waals surface area contributed by atoms with E-state index < -0.39 is 11.7 Å². The number of alkyl halides is 3. The molecule has 1 saturated heterocycles. The molecular weight excluding hydrogens is 233 g/mol. The third kappa shape index (κ3) is 3.33. The zero-order valence-corrected chi connectivity index (χ0v) is 9.18. The first-order valence-corrected chi connectivity index (χ1v) is 5.50. The van der Waals surface area contributed by atoms with E-state index in [0.717, 1.165) is 31.7 Å². The Kier molecular flexibility index (Phi) is 3.51. The molecule has 3 nitrogen and oxygen atoms in total. The van der Waals surface area contributed by atoms with Crippen LogP contribution >= 0.6 is 0 Å². The number of H-pyrrole nitrogens is 1. The van der Waals surface area contributed by atoms with Crippen molar-refractivity contribution in [3.63, 3.8) is 0 Å². The molecule has 1 fully saturated rings. The number of ether oxygens (including phenoxy) is 1. The SMILES string of the molecule is FC(F)(F)c1ccc(NC[C@@H]2CCCO2)[nH+]c1. The Morgan fingerprint density at radius 3 is 2.76 bits per heavy atom. The Hall–Kier alpha value is -1.30. The Labute approximate surface area is 97.0 Å². The van der Waals surface area contributed by atoms with E-state index in [2.05, 4.69) is 10.3 Å². The van der Waals surface area contributed by atoms with Crippen molar-refractivity contribution in [3.8, 4) is 0 Å². The normalized spacial score (nSPS) is 20.5. The van der Waals surface area contributed by atoms with Crippen LogP contribution in [0.5, 0.6) is 0 Å². The molecule has 17 heavy (non-hydrogen) atoms. The molecule has 1 aliphatic heterocycles. The van der Waals surface area contributed by atoms with Crippen LogP contribution in [0, 0.1) is 0 Å². The fourth-order valence-corrected chi connectivity index (χ4v) is 1.74. The van der Waals surface area contributed by atoms with Crippen LogP contribution in [0.25, 0.3) is 0 Å². The number of hydrogen-bond acceptors (Lipinski definition) is 2. The molecule has 2 N–H and O–H groups in total. The number of hydrogen-bond donors (Lipinski definition) is 1. The first kappa shape index (κ1) is 12.2. The zero-order valence-electron chi connectivity index (χ0n) is 9.18. The summed E-state index contributed by atoms with van der Waals surface area (Å²) in [5.41, 5.74) is -0.680. The van der Waals surface area contributed by atoms with Gasteiger partial charge < -0.3 is 4.74 Å². The van der Waals surface area contributed by atoms with Gasteiger partial charge in [0.1, 0.15) is 12.7 Å². The lowest BCUT2D eigenvalue weighted by Gasteiger charge is -2.07. The first-order valence-electron chi connectivity index (χ1n) is 5.50. The Bertz CT molecular complexity index is 358. The summed E-state index contributed by atoms with van der Waals surface area (Å²) in [5.74, 6) is 0.563. The summed E-state index contributed by atoms with van der Waals surface area (Å²) in [7, 11) is 0. The molecule has 6 heteroatoms. The van der Waals surface area contributed by atoms with E-state index >= 15 is 0 Å². The van der Waals surface area contributed by atoms with Crippen LogP contribution in [0.2, 0.25) is 0 Å². The van der Waals surface area contributed by atoms with Crippen molar-refractivity contribution in [3.05, 3.63) is 23.9 Å². The third-order valence-electron chi connectivity index (χ3n) is 2.68. The van der Waals surface area contributed by atoms with Crippen LogP contribution in [0.4, 0.5) is 19.0 Å². The average Bonchev–Trinajstić information content (AvgIpc) is 2.78. The highest BCUT2D eigenvalue weighted by atomic mass is 19.4. The molecule has 94 valence electrons. The van der Waals surface area contributed by atoms with Crippen molar-refractivity contribution < 1.29 is 22.9 Å². The number of nitrogens with one attached hydrogen (secondary N) is 2. The molecule has 0 spiro atoms. The van der Waals surface area contributed by atoms with Gasteiger partial charge in [0.25, 0.3) is 5.82 Å². The monoisotopic (exact) mass is 247 g/mol. The second-order valence-corrected chi connectivity index (χ2v) is 4.00. The number of aromatic amines is 1. The second kappa shape index (κ2) is 4.91. The second-order valence-electron chi connectivity index (χ2n) is 4.00. The van der Waals surface area contributed by atoms with E-state index in [1.54, 1.807) is 0 Å². The highest BCUT2D eigenvalue weighted by Crippen LogP contribution is 2.28. The zero-order chi connectivity index (χ0) is 12.3. The highest BCUT2D eigenvalue weighted by Gasteiger charge is 2.31. The van der Waals surface area contributed by atoms with Gasteiger partial charge in [-0.15, -0.1) is 0 Å². The topological polar surface area (TPSA) is 35.4 Å². The van der Waals surface area contributed by atoms with Gasteiger partial charge in [-0.3, -0.25) is 5.32 Å². The van der Waals surface area contributed by atoms with Crippen LogP contribution in [0.1, 0.15) is 18.4 Å². The lowest BCUT2D eigenvalue weighted by Crippen LogP contribution is -2.23. The van der Waals surface area contributed by atoms with Crippen molar-refractivity contribution in [2.24, 2.45) is 0 Å². The molecule has 1 atom stereocenters. The number of rotatable bonds is 3. The minimum atomic E-state index is -4.30. The molecule has 0 unspecified atom stereocenters. The van der Waals surface area contributed by atoms with E-state index in [9.17, 15) is 13.2 Å². The van der Waals surface area contributed by atoms with Crippen molar-refractivity contribution in [2.45, 2.75) is 25.1 Å². The van der Waals surface area contributed by atoms with E-state index in [1.165, 1.54) is 6.07 Å². The summed E-state index contributed by atoms with van der Waals surface area (Å²) in [4.78, 5) is 2.58. The maximum Gasteiger partial charge on any atom is 0.419 e. The van der Waals surface area contributed by atoms with Gasteiger partial charge in [-0.1, -0.05) is 0 Å². The van der Waals surface area contributed by atoms with E-state index in [4.69, 9.17) is 4.74 Å². The number of halogens is 3. The largest absolute Gasteiger partial charge is 0.419 e. The minimum Gasteiger partial charge on any atom is -0.374 e. The minimum absolute atomic E-state index is 0.158. The maximum atomic E-state index is 12.3. The molecular formula is C11H14F3N2O+. The van der Waals surface area contributed by atoms with Crippen molar-refractivity contribution in [1.29, 1.82) is 0 Å². The predicted octanol–water partition coefficient (Wildman–Crippen LogP) is 2.11. The van der Waals surface area contributed by atoms with E-state index in [-0.39, 0.29) is 6.10 Å². The van der Waals surface area contributed by atoms with Gasteiger partial charge in [0, 0.05) is 12.7 Å². The number of pyridine rings is 1. The van der Waals surface area contributed by atoms with Crippen LogP contribution in [-0.2, 0) is 10.9 Å². The molecule has 0 amide bonds. The fourth-order valence-electron chi connectivity index (χ4n) is 1.74. The molecule has 2 heterocycles. The molecule has 0 aliphatic carbocycles. The van der Waals surface area contributed by atoms with Crippen LogP contribution in [-0.4, -0.2) is 19.3 Å². The summed E-state index contributed by atoms with van der Waals surface area (Å²) in [6.07, 6.45) is -1.15. The predicted molar refractivity (Wildman–Crippen MR) is 55.5 cm³/mol. The summed E-state index contributed by atoms with van der Waals surface area (Å²) >= 11 is 0. The van der Waals surface area contributed by atoms with Gasteiger partial charge >= 0.3 is 6.18 Å². The lowest BCUT2D eigenvalue weighted by atomic mass is 10.2. The van der Waals surface area contributed by atoms with Gasteiger partial charge in [0.05, 0.1) is 11.7 Å². The number of anilines is 1. The van der Waals surface area contributed by atoms with Gasteiger partial charge in [-0.25, -0.2) is 4.98 Å².